The van der Waals surface area contributed by atoms with Crippen molar-refractivity contribution in [2.45, 2.75) is 24.9 Å². The van der Waals surface area contributed by atoms with E-state index >= 15 is 0 Å². The van der Waals surface area contributed by atoms with Crippen molar-refractivity contribution in [3.05, 3.63) is 98.3 Å². The maximum absolute atomic E-state index is 13.3. The molecule has 1 N–H and O–H groups in total. The summed E-state index contributed by atoms with van der Waals surface area (Å²) < 4.78 is 21.4. The van der Waals surface area contributed by atoms with Gasteiger partial charge in [-0.15, -0.1) is 0 Å². The lowest BCUT2D eigenvalue weighted by atomic mass is 9.92. The number of carbonyl (C=O) groups is 3. The molecule has 0 saturated heterocycles. The zero-order valence-corrected chi connectivity index (χ0v) is 25.2. The highest BCUT2D eigenvalue weighted by atomic mass is 35.5. The summed E-state index contributed by atoms with van der Waals surface area (Å²) in [5.41, 5.74) is 2.54. The number of nitrogens with one attached hydrogen (secondary N) is 1. The van der Waals surface area contributed by atoms with Gasteiger partial charge < -0.3 is 29.1 Å². The molecule has 10 nitrogen and oxygen atoms in total. The monoisotopic (exact) mass is 625 g/mol. The summed E-state index contributed by atoms with van der Waals surface area (Å²) in [6.45, 7) is 7.82. The summed E-state index contributed by atoms with van der Waals surface area (Å²) in [5, 5.41) is 3.01. The van der Waals surface area contributed by atoms with Crippen molar-refractivity contribution in [3.63, 3.8) is 0 Å². The Morgan fingerprint density at radius 2 is 1.72 bits per heavy atom. The first-order valence-corrected chi connectivity index (χ1v) is 13.9. The van der Waals surface area contributed by atoms with Gasteiger partial charge in [-0.2, -0.15) is 0 Å². The molecule has 3 aromatic rings. The van der Waals surface area contributed by atoms with Gasteiger partial charge in [0.25, 0.3) is 5.91 Å². The number of hydrogen-bond acceptors (Lipinski definition) is 7. The molecule has 0 aromatic heterocycles. The Hall–Kier alpha value is -4.46. The van der Waals surface area contributed by atoms with Crippen molar-refractivity contribution < 1.29 is 33.3 Å². The van der Waals surface area contributed by atoms with Gasteiger partial charge in [0.2, 0.25) is 6.54 Å². The summed E-state index contributed by atoms with van der Waals surface area (Å²) in [7, 11) is 4.29. The van der Waals surface area contributed by atoms with E-state index in [1.165, 1.54) is 25.2 Å². The van der Waals surface area contributed by atoms with E-state index < -0.39 is 30.1 Å². The molecule has 3 aromatic carbocycles. The molecule has 1 aliphatic rings. The smallest absolute Gasteiger partial charge is 0.416 e. The Balaban J connectivity index is 1.50. The molecule has 0 aliphatic carbocycles. The molecule has 4 rings (SSSR count). The lowest BCUT2D eigenvalue weighted by molar-refractivity contribution is -0.142. The Bertz CT molecular complexity index is 1570. The highest BCUT2D eigenvalue weighted by molar-refractivity contribution is 6.34. The van der Waals surface area contributed by atoms with Crippen LogP contribution in [-0.2, 0) is 22.4 Å². The van der Waals surface area contributed by atoms with Gasteiger partial charge in [-0.25, -0.2) is 16.2 Å². The second kappa shape index (κ2) is 14.1. The maximum atomic E-state index is 13.3. The van der Waals surface area contributed by atoms with Gasteiger partial charge >= 0.3 is 12.1 Å². The number of halogens is 2. The Morgan fingerprint density at radius 3 is 2.37 bits per heavy atom. The zero-order chi connectivity index (χ0) is 31.1. The molecule has 0 spiro atoms. The summed E-state index contributed by atoms with van der Waals surface area (Å²) in [6, 6.07) is 13.2. The predicted octanol–water partition coefficient (Wildman–Crippen LogP) is 5.54. The molecular weight excluding hydrogens is 597 g/mol. The summed E-state index contributed by atoms with van der Waals surface area (Å²) in [6.07, 6.45) is -0.0815. The van der Waals surface area contributed by atoms with E-state index in [4.69, 9.17) is 48.7 Å². The van der Waals surface area contributed by atoms with Gasteiger partial charge in [-0.1, -0.05) is 41.4 Å². The van der Waals surface area contributed by atoms with E-state index in [0.717, 1.165) is 11.1 Å². The second-order valence-corrected chi connectivity index (χ2v) is 10.4. The second-order valence-electron chi connectivity index (χ2n) is 9.57. The summed E-state index contributed by atoms with van der Waals surface area (Å²) >= 11 is 12.6. The van der Waals surface area contributed by atoms with Crippen molar-refractivity contribution in [3.8, 4) is 17.2 Å². The fourth-order valence-corrected chi connectivity index (χ4v) is 5.35. The van der Waals surface area contributed by atoms with E-state index in [1.54, 1.807) is 49.6 Å². The van der Waals surface area contributed by atoms with E-state index in [9.17, 15) is 14.4 Å². The van der Waals surface area contributed by atoms with Crippen LogP contribution in [-0.4, -0.2) is 63.3 Å². The van der Waals surface area contributed by atoms with E-state index in [0.29, 0.717) is 30.0 Å². The average Bonchev–Trinajstić information content (AvgIpc) is 3.01. The highest BCUT2D eigenvalue weighted by Gasteiger charge is 2.35. The van der Waals surface area contributed by atoms with E-state index in [2.05, 4.69) is 10.2 Å². The van der Waals surface area contributed by atoms with Crippen LogP contribution in [0.25, 0.3) is 4.85 Å². The Labute approximate surface area is 259 Å². The molecule has 0 fully saturated rings. The molecule has 2 unspecified atom stereocenters. The first-order chi connectivity index (χ1) is 20.7. The van der Waals surface area contributed by atoms with Crippen LogP contribution in [0.4, 0.5) is 4.79 Å². The number of benzene rings is 3. The molecule has 0 saturated carbocycles. The number of esters is 1. The molecule has 2 atom stereocenters. The standard InChI is InChI=1S/C31H29Cl2N3O7/c1-34-17-25-21-16-28(41-3)27(40-2)15-19(21)11-12-36(25)31(39)43-26-10-9-18(13-23(26)33)14-24(30(38)42-4)35-29(37)20-7-5-6-8-22(20)32/h5-10,13,15-16,24-25H,11-12,14,17H2,2-4H3,(H,35,37). The van der Waals surface area contributed by atoms with Gasteiger partial charge in [-0.3, -0.25) is 9.69 Å². The van der Waals surface area contributed by atoms with E-state index in [-0.39, 0.29) is 34.3 Å². The first-order valence-electron chi connectivity index (χ1n) is 13.2. The zero-order valence-electron chi connectivity index (χ0n) is 23.7. The molecule has 1 aliphatic heterocycles. The molecule has 1 heterocycles. The van der Waals surface area contributed by atoms with Crippen LogP contribution >= 0.6 is 23.2 Å². The first kappa shape index (κ1) is 31.5. The quantitative estimate of drug-likeness (QED) is 0.246. The molecule has 43 heavy (non-hydrogen) atoms. The largest absolute Gasteiger partial charge is 0.493 e. The number of amides is 2. The van der Waals surface area contributed by atoms with Gasteiger partial charge in [0, 0.05) is 13.0 Å². The number of hydrogen-bond donors (Lipinski definition) is 1. The van der Waals surface area contributed by atoms with Crippen molar-refractivity contribution in [1.29, 1.82) is 0 Å². The van der Waals surface area contributed by atoms with Gasteiger partial charge in [0.1, 0.15) is 12.1 Å². The third kappa shape index (κ3) is 7.13. The molecule has 2 amide bonds. The van der Waals surface area contributed by atoms with Crippen LogP contribution in [0, 0.1) is 6.57 Å². The lowest BCUT2D eigenvalue weighted by Gasteiger charge is -2.34. The minimum Gasteiger partial charge on any atom is -0.493 e. The highest BCUT2D eigenvalue weighted by Crippen LogP contribution is 2.39. The maximum Gasteiger partial charge on any atom is 0.416 e. The number of nitrogens with zero attached hydrogens (tertiary/aromatic N) is 2. The van der Waals surface area contributed by atoms with E-state index in [1.807, 2.05) is 6.07 Å². The van der Waals surface area contributed by atoms with Crippen molar-refractivity contribution in [1.82, 2.24) is 10.2 Å². The number of rotatable bonds is 9. The van der Waals surface area contributed by atoms with Crippen molar-refractivity contribution >= 4 is 41.2 Å². The van der Waals surface area contributed by atoms with Crippen LogP contribution in [0.2, 0.25) is 10.0 Å². The SMILES string of the molecule is [C-]#[N+]CC1c2cc(OC)c(OC)cc2CCN1C(=O)Oc1ccc(CC(NC(=O)c2ccccc2Cl)C(=O)OC)cc1Cl. The van der Waals surface area contributed by atoms with Crippen molar-refractivity contribution in [2.24, 2.45) is 0 Å². The minimum atomic E-state index is -1.03. The number of carbonyl (C=O) groups excluding carboxylic acids is 3. The molecule has 0 bridgehead atoms. The average molecular weight is 626 g/mol. The van der Waals surface area contributed by atoms with Crippen LogP contribution in [0.3, 0.4) is 0 Å². The van der Waals surface area contributed by atoms with Crippen LogP contribution in [0.1, 0.15) is 33.1 Å². The molecule has 224 valence electrons. The minimum absolute atomic E-state index is 0.0269. The number of fused-ring (bicyclic) bond motifs is 1. The number of methoxy groups -OCH3 is 3. The third-order valence-electron chi connectivity index (χ3n) is 7.04. The van der Waals surface area contributed by atoms with Gasteiger partial charge in [0.05, 0.1) is 36.9 Å². The van der Waals surface area contributed by atoms with Crippen LogP contribution in [0.15, 0.2) is 54.6 Å². The van der Waals surface area contributed by atoms with Crippen LogP contribution < -0.4 is 19.5 Å². The molecule has 0 radical (unpaired) electrons. The van der Waals surface area contributed by atoms with Gasteiger partial charge in [-0.05, 0) is 59.5 Å². The number of ether oxygens (including phenoxy) is 4. The summed E-state index contributed by atoms with van der Waals surface area (Å²) in [5.74, 6) is -0.0184. The lowest BCUT2D eigenvalue weighted by Crippen LogP contribution is -2.43. The molecular formula is C31H29Cl2N3O7. The third-order valence-corrected chi connectivity index (χ3v) is 7.67. The Morgan fingerprint density at radius 1 is 1.00 bits per heavy atom. The van der Waals surface area contributed by atoms with Crippen molar-refractivity contribution in [2.75, 3.05) is 34.4 Å². The fourth-order valence-electron chi connectivity index (χ4n) is 4.89. The van der Waals surface area contributed by atoms with Gasteiger partial charge in [0.15, 0.2) is 17.2 Å². The normalized spacial score (nSPS) is 14.5. The predicted molar refractivity (Wildman–Crippen MR) is 160 cm³/mol. The fraction of sp³-hybridized carbons (Fsp3) is 0.290. The summed E-state index contributed by atoms with van der Waals surface area (Å²) in [4.78, 5) is 43.6. The topological polar surface area (TPSA) is 108 Å². The van der Waals surface area contributed by atoms with Crippen LogP contribution in [0.5, 0.6) is 17.2 Å². The molecule has 12 heteroatoms. The Kier molecular flexibility index (Phi) is 10.3.